The summed E-state index contributed by atoms with van der Waals surface area (Å²) in [6.45, 7) is 6.78. The lowest BCUT2D eigenvalue weighted by atomic mass is 9.77. The van der Waals surface area contributed by atoms with Crippen LogP contribution in [0.15, 0.2) is 133 Å². The normalized spacial score (nSPS) is 19.1. The molecular weight excluding hydrogens is 1210 g/mol. The standard InChI is InChI=1S/C27H34F2OS.2C26H32F2OS/c1-2-3-4-5-6-7-20-8-10-21(11-9-20)22-16-18-25(19-17-22)30-27(31)24-14-12-23(13-15-24)26(28)29;1-2-3-4-5-18-6-9-20(10-7-18)21-11-13-22(14-12-21)24-16-19(17-25(27)28)8-15-23(24)26(29)30;1-2-3-4-5-6-18-7-9-19(10-8-18)20-11-13-21(14-12-20)24-17-22(25(27)28)15-16-23(24)26(29)30/h12-21,26H,2-11H2,1H3;8,11-16,18,20,25H,2-7,9-10,17H2,1H3,(H,29,30);11-19,25H,2-10H2,1H3,(H,29,30). The first-order chi connectivity index (χ1) is 44.0. The van der Waals surface area contributed by atoms with Gasteiger partial charge in [0.15, 0.2) is 5.05 Å². The van der Waals surface area contributed by atoms with E-state index in [0.717, 1.165) is 28.9 Å². The molecule has 12 heteroatoms. The number of thiol groups is 2. The fourth-order valence-electron chi connectivity index (χ4n) is 14.0. The number of ether oxygens (including phenoxy) is 1. The average molecular weight is 1310 g/mol. The minimum atomic E-state index is -2.57. The van der Waals surface area contributed by atoms with Crippen molar-refractivity contribution in [1.82, 2.24) is 0 Å². The molecule has 0 aromatic heterocycles. The van der Waals surface area contributed by atoms with Gasteiger partial charge in [0, 0.05) is 34.2 Å². The van der Waals surface area contributed by atoms with Gasteiger partial charge >= 0.3 is 0 Å². The Balaban J connectivity index is 0.000000194. The van der Waals surface area contributed by atoms with Crippen LogP contribution in [0.5, 0.6) is 5.75 Å². The summed E-state index contributed by atoms with van der Waals surface area (Å²) in [5.41, 5.74) is 8.78. The van der Waals surface area contributed by atoms with Gasteiger partial charge in [-0.15, -0.1) is 25.3 Å². The fourth-order valence-corrected chi connectivity index (χ4v) is 14.6. The van der Waals surface area contributed by atoms with Crippen LogP contribution in [0.4, 0.5) is 26.3 Å². The van der Waals surface area contributed by atoms with Crippen LogP contribution in [0, 0.1) is 17.8 Å². The smallest absolute Gasteiger partial charge is 0.263 e. The molecule has 91 heavy (non-hydrogen) atoms. The van der Waals surface area contributed by atoms with E-state index >= 15 is 0 Å². The zero-order chi connectivity index (χ0) is 65.1. The van der Waals surface area contributed by atoms with Crippen molar-refractivity contribution in [3.8, 4) is 28.0 Å². The lowest BCUT2D eigenvalue weighted by molar-refractivity contribution is 0.108. The summed E-state index contributed by atoms with van der Waals surface area (Å²) in [5.74, 6) is 5.16. The van der Waals surface area contributed by atoms with E-state index in [1.807, 2.05) is 36.4 Å². The maximum atomic E-state index is 13.1. The van der Waals surface area contributed by atoms with E-state index in [2.05, 4.69) is 82.4 Å². The van der Waals surface area contributed by atoms with Crippen LogP contribution in [0.25, 0.3) is 22.3 Å². The van der Waals surface area contributed by atoms with Crippen molar-refractivity contribution in [3.05, 3.63) is 184 Å². The van der Waals surface area contributed by atoms with Crippen molar-refractivity contribution in [2.45, 2.75) is 238 Å². The molecule has 3 aliphatic rings. The molecule has 9 rings (SSSR count). The highest BCUT2D eigenvalue weighted by atomic mass is 32.1. The van der Waals surface area contributed by atoms with E-state index in [-0.39, 0.29) is 22.7 Å². The Morgan fingerprint density at radius 1 is 0.440 bits per heavy atom. The van der Waals surface area contributed by atoms with Gasteiger partial charge in [0.1, 0.15) is 5.75 Å². The van der Waals surface area contributed by atoms with Gasteiger partial charge in [0.05, 0.1) is 0 Å². The molecule has 0 unspecified atom stereocenters. The maximum absolute atomic E-state index is 13.1. The summed E-state index contributed by atoms with van der Waals surface area (Å²) in [7, 11) is 0. The number of carbonyl (C=O) groups excluding carboxylic acids is 2. The molecular formula is C79H98F6O3S3. The van der Waals surface area contributed by atoms with Crippen LogP contribution < -0.4 is 4.74 Å². The Labute approximate surface area is 557 Å². The van der Waals surface area contributed by atoms with Crippen molar-refractivity contribution in [2.75, 3.05) is 0 Å². The minimum Gasteiger partial charge on any atom is -0.445 e. The topological polar surface area (TPSA) is 43.4 Å². The minimum absolute atomic E-state index is 0.0119. The summed E-state index contributed by atoms with van der Waals surface area (Å²) < 4.78 is 83.1. The Hall–Kier alpha value is -5.17. The molecule has 0 heterocycles. The molecule has 3 nitrogen and oxygen atoms in total. The van der Waals surface area contributed by atoms with Crippen LogP contribution >= 0.6 is 37.5 Å². The van der Waals surface area contributed by atoms with E-state index in [4.69, 9.17) is 17.0 Å². The molecule has 0 spiro atoms. The summed E-state index contributed by atoms with van der Waals surface area (Å²) in [6.07, 6.45) is 28.0. The van der Waals surface area contributed by atoms with Crippen molar-refractivity contribution >= 4 is 52.8 Å². The number of halogens is 6. The first-order valence-corrected chi connectivity index (χ1v) is 35.5. The molecule has 3 saturated carbocycles. The maximum Gasteiger partial charge on any atom is 0.263 e. The van der Waals surface area contributed by atoms with Gasteiger partial charge in [-0.3, -0.25) is 9.59 Å². The first kappa shape index (κ1) is 73.2. The monoisotopic (exact) mass is 1300 g/mol. The molecule has 0 aliphatic heterocycles. The Morgan fingerprint density at radius 2 is 0.802 bits per heavy atom. The molecule has 0 radical (unpaired) electrons. The fraction of sp³-hybridized carbons (Fsp3) is 0.506. The highest BCUT2D eigenvalue weighted by Gasteiger charge is 2.26. The number of carbonyl (C=O) groups is 2. The second-order valence-electron chi connectivity index (χ2n) is 26.0. The number of alkyl halides is 6. The van der Waals surface area contributed by atoms with Crippen LogP contribution in [0.3, 0.4) is 0 Å². The summed E-state index contributed by atoms with van der Waals surface area (Å²) in [6, 6.07) is 39.7. The SMILES string of the molecule is CCCCCC1CCC(c2ccc(-c3cc(CC(F)F)ccc3C(=O)S)cc2)CC1.CCCCCCC1CCC(c2ccc(-c3cc(C(F)F)ccc3C(=O)S)cc2)CC1.CCCCCCCC1CCC(c2ccc(OC(=S)c3ccc(C(F)F)cc3)cc2)CC1. The van der Waals surface area contributed by atoms with E-state index < -0.39 is 24.4 Å². The Morgan fingerprint density at radius 3 is 1.21 bits per heavy atom. The first-order valence-electron chi connectivity index (χ1n) is 34.2. The largest absolute Gasteiger partial charge is 0.445 e. The van der Waals surface area contributed by atoms with Gasteiger partial charge in [-0.2, -0.15) is 0 Å². The predicted octanol–water partition coefficient (Wildman–Crippen LogP) is 25.7. The zero-order valence-electron chi connectivity index (χ0n) is 54.0. The molecule has 0 bridgehead atoms. The van der Waals surface area contributed by atoms with E-state index in [9.17, 15) is 35.9 Å². The molecule has 0 atom stereocenters. The van der Waals surface area contributed by atoms with Gasteiger partial charge in [-0.25, -0.2) is 26.3 Å². The Kier molecular flexibility index (Phi) is 31.3. The third-order valence-corrected chi connectivity index (χ3v) is 20.3. The van der Waals surface area contributed by atoms with E-state index in [0.29, 0.717) is 61.9 Å². The van der Waals surface area contributed by atoms with Gasteiger partial charge in [-0.05, 0) is 212 Å². The second kappa shape index (κ2) is 38.9. The molecule has 0 saturated heterocycles. The van der Waals surface area contributed by atoms with Crippen molar-refractivity contribution in [2.24, 2.45) is 17.8 Å². The lowest BCUT2D eigenvalue weighted by Crippen LogP contribution is -2.13. The van der Waals surface area contributed by atoms with Crippen LogP contribution in [0.2, 0.25) is 0 Å². The van der Waals surface area contributed by atoms with Gasteiger partial charge in [0.2, 0.25) is 16.7 Å². The Bertz CT molecular complexity index is 3110. The van der Waals surface area contributed by atoms with E-state index in [1.165, 1.54) is 220 Å². The zero-order valence-corrected chi connectivity index (χ0v) is 56.6. The highest BCUT2D eigenvalue weighted by molar-refractivity contribution is 7.97. The number of hydrogen-bond acceptors (Lipinski definition) is 4. The average Bonchev–Trinajstić information content (AvgIpc) is 1.70. The number of unbranched alkanes of at least 4 members (excludes halogenated alkanes) is 9. The van der Waals surface area contributed by atoms with Gasteiger partial charge in [-0.1, -0.05) is 208 Å². The van der Waals surface area contributed by atoms with Crippen LogP contribution in [0.1, 0.15) is 284 Å². The number of hydrogen-bond donors (Lipinski definition) is 2. The van der Waals surface area contributed by atoms with Crippen molar-refractivity contribution < 1.29 is 40.7 Å². The molecule has 492 valence electrons. The third kappa shape index (κ3) is 23.7. The highest BCUT2D eigenvalue weighted by Crippen LogP contribution is 2.42. The number of benzene rings is 6. The molecule has 0 amide bonds. The van der Waals surface area contributed by atoms with Gasteiger partial charge < -0.3 is 4.74 Å². The van der Waals surface area contributed by atoms with Gasteiger partial charge in [0.25, 0.3) is 12.9 Å². The summed E-state index contributed by atoms with van der Waals surface area (Å²) in [4.78, 5) is 23.8. The summed E-state index contributed by atoms with van der Waals surface area (Å²) in [5, 5.41) is -0.459. The quantitative estimate of drug-likeness (QED) is 0.0222. The molecule has 6 aromatic carbocycles. The summed E-state index contributed by atoms with van der Waals surface area (Å²) >= 11 is 13.2. The molecule has 6 aromatic rings. The second-order valence-corrected chi connectivity index (χ2v) is 27.2. The molecule has 3 aliphatic carbocycles. The third-order valence-electron chi connectivity index (χ3n) is 19.5. The molecule has 0 N–H and O–H groups in total. The lowest BCUT2D eigenvalue weighted by Gasteiger charge is -2.29. The van der Waals surface area contributed by atoms with Crippen LogP contribution in [-0.2, 0) is 6.42 Å². The predicted molar refractivity (Wildman–Crippen MR) is 376 cm³/mol. The van der Waals surface area contributed by atoms with Crippen molar-refractivity contribution in [1.29, 1.82) is 0 Å². The van der Waals surface area contributed by atoms with Crippen molar-refractivity contribution in [3.63, 3.8) is 0 Å². The van der Waals surface area contributed by atoms with E-state index in [1.54, 1.807) is 30.3 Å². The van der Waals surface area contributed by atoms with Crippen LogP contribution in [-0.4, -0.2) is 21.7 Å². The molecule has 3 fully saturated rings. The number of rotatable bonds is 28. The number of thiocarbonyl (C=S) groups is 1.